The minimum Gasteiger partial charge on any atom is -0.255 e. The molecule has 0 aliphatic rings. The van der Waals surface area contributed by atoms with Crippen molar-refractivity contribution in [3.63, 3.8) is 0 Å². The van der Waals surface area contributed by atoms with E-state index in [0.717, 1.165) is 28.3 Å². The molecule has 0 amide bonds. The van der Waals surface area contributed by atoms with Crippen LogP contribution in [0.1, 0.15) is 0 Å². The fourth-order valence-electron chi connectivity index (χ4n) is 2.25. The van der Waals surface area contributed by atoms with E-state index in [2.05, 4.69) is 26.0 Å². The monoisotopic (exact) mass is 457 g/mol. The van der Waals surface area contributed by atoms with Gasteiger partial charge in [0.25, 0.3) is 0 Å². The summed E-state index contributed by atoms with van der Waals surface area (Å²) in [5.41, 5.74) is 0.496. The van der Waals surface area contributed by atoms with E-state index in [1.165, 1.54) is 7.05 Å². The molecule has 23 heavy (non-hydrogen) atoms. The molecule has 5 nitrogen and oxygen atoms in total. The molecule has 0 saturated heterocycles. The summed E-state index contributed by atoms with van der Waals surface area (Å²) < 4.78 is 40.3. The fourth-order valence-corrected chi connectivity index (χ4v) is 5.67. The number of thiazole rings is 1. The molecule has 2 aromatic heterocycles. The third-order valence-electron chi connectivity index (χ3n) is 3.07. The van der Waals surface area contributed by atoms with Crippen molar-refractivity contribution in [3.8, 4) is 11.3 Å². The van der Waals surface area contributed by atoms with Crippen LogP contribution in [0.2, 0.25) is 10.0 Å². The average molecular weight is 459 g/mol. The number of halogens is 4. The summed E-state index contributed by atoms with van der Waals surface area (Å²) in [6, 6.07) is 1.11. The second-order valence-corrected chi connectivity index (χ2v) is 9.71. The van der Waals surface area contributed by atoms with Crippen LogP contribution >= 0.6 is 50.5 Å². The van der Waals surface area contributed by atoms with E-state index >= 15 is 0 Å². The second kappa shape index (κ2) is 5.66. The van der Waals surface area contributed by atoms with Gasteiger partial charge in [-0.15, -0.1) is 11.3 Å². The summed E-state index contributed by atoms with van der Waals surface area (Å²) in [6.07, 6.45) is 1.01. The predicted octanol–water partition coefficient (Wildman–Crippen LogP) is 4.31. The Morgan fingerprint density at radius 3 is 2.61 bits per heavy atom. The molecule has 11 heteroatoms. The molecule has 0 radical (unpaired) electrons. The largest absolute Gasteiger partial charge is 0.255 e. The number of aryl methyl sites for hydroxylation is 1. The summed E-state index contributed by atoms with van der Waals surface area (Å²) in [6.45, 7) is 0. The molecular weight excluding hydrogens is 452 g/mol. The van der Waals surface area contributed by atoms with Gasteiger partial charge in [0.2, 0.25) is 0 Å². The topological polar surface area (TPSA) is 64.8 Å². The third-order valence-corrected chi connectivity index (χ3v) is 6.53. The zero-order valence-corrected chi connectivity index (χ0v) is 16.3. The lowest BCUT2D eigenvalue weighted by atomic mass is 10.1. The highest BCUT2D eigenvalue weighted by atomic mass is 79.9. The molecule has 3 rings (SSSR count). The SMILES string of the molecule is Cn1nc(-c2c(F)cc(Cl)c3nc(Br)sc23)c(Cl)c1S(C)(=O)=O. The van der Waals surface area contributed by atoms with Crippen molar-refractivity contribution in [2.45, 2.75) is 5.03 Å². The maximum atomic E-state index is 14.5. The molecule has 1 aromatic carbocycles. The van der Waals surface area contributed by atoms with E-state index in [9.17, 15) is 12.8 Å². The van der Waals surface area contributed by atoms with Gasteiger partial charge in [-0.3, -0.25) is 4.68 Å². The summed E-state index contributed by atoms with van der Waals surface area (Å²) in [4.78, 5) is 4.19. The van der Waals surface area contributed by atoms with Gasteiger partial charge in [0.05, 0.1) is 15.3 Å². The first-order valence-corrected chi connectivity index (χ1v) is 10.2. The molecule has 0 fully saturated rings. The molecule has 0 unspecified atom stereocenters. The Hall–Kier alpha value is -0.740. The lowest BCUT2D eigenvalue weighted by molar-refractivity contribution is 0.583. The van der Waals surface area contributed by atoms with E-state index in [4.69, 9.17) is 23.2 Å². The summed E-state index contributed by atoms with van der Waals surface area (Å²) in [5, 5.41) is 3.92. The zero-order valence-electron chi connectivity index (χ0n) is 11.6. The molecule has 2 heterocycles. The highest BCUT2D eigenvalue weighted by molar-refractivity contribution is 9.11. The predicted molar refractivity (Wildman–Crippen MR) is 92.6 cm³/mol. The van der Waals surface area contributed by atoms with Gasteiger partial charge in [0.1, 0.15) is 22.1 Å². The van der Waals surface area contributed by atoms with Crippen LogP contribution in [0.25, 0.3) is 21.5 Å². The molecule has 0 bridgehead atoms. The van der Waals surface area contributed by atoms with Gasteiger partial charge in [-0.05, 0) is 22.0 Å². The number of aromatic nitrogens is 3. The standard InChI is InChI=1S/C12H7BrCl2FN3O2S2/c1-19-11(23(2,20)21)7(15)9(18-19)6-5(16)3-4(14)8-10(6)22-12(13)17-8/h3H,1-2H3. The maximum Gasteiger partial charge on any atom is 0.193 e. The quantitative estimate of drug-likeness (QED) is 0.573. The maximum absolute atomic E-state index is 14.5. The van der Waals surface area contributed by atoms with E-state index in [1.807, 2.05) is 0 Å². The van der Waals surface area contributed by atoms with E-state index < -0.39 is 15.7 Å². The number of hydrogen-bond donors (Lipinski definition) is 0. The van der Waals surface area contributed by atoms with Crippen molar-refractivity contribution in [2.75, 3.05) is 6.26 Å². The van der Waals surface area contributed by atoms with Crippen molar-refractivity contribution in [1.82, 2.24) is 14.8 Å². The first-order valence-electron chi connectivity index (χ1n) is 5.98. The van der Waals surface area contributed by atoms with Crippen molar-refractivity contribution in [1.29, 1.82) is 0 Å². The van der Waals surface area contributed by atoms with Crippen LogP contribution in [0.3, 0.4) is 0 Å². The number of benzene rings is 1. The molecule has 0 atom stereocenters. The second-order valence-electron chi connectivity index (χ2n) is 4.72. The van der Waals surface area contributed by atoms with E-state index in [0.29, 0.717) is 14.1 Å². The van der Waals surface area contributed by atoms with Crippen LogP contribution in [0.5, 0.6) is 0 Å². The van der Waals surface area contributed by atoms with Crippen LogP contribution in [0.15, 0.2) is 15.0 Å². The molecule has 0 N–H and O–H groups in total. The number of fused-ring (bicyclic) bond motifs is 1. The lowest BCUT2D eigenvalue weighted by Gasteiger charge is -2.03. The van der Waals surface area contributed by atoms with Crippen LogP contribution in [-0.2, 0) is 16.9 Å². The highest BCUT2D eigenvalue weighted by Gasteiger charge is 2.27. The van der Waals surface area contributed by atoms with Crippen LogP contribution in [-0.4, -0.2) is 29.4 Å². The normalized spacial score (nSPS) is 12.3. The van der Waals surface area contributed by atoms with Crippen molar-refractivity contribution >= 4 is 70.5 Å². The molecule has 0 aliphatic heterocycles. The highest BCUT2D eigenvalue weighted by Crippen LogP contribution is 2.43. The Morgan fingerprint density at radius 2 is 2.04 bits per heavy atom. The fraction of sp³-hybridized carbons (Fsp3) is 0.167. The van der Waals surface area contributed by atoms with Gasteiger partial charge < -0.3 is 0 Å². The number of rotatable bonds is 2. The molecule has 0 spiro atoms. The smallest absolute Gasteiger partial charge is 0.193 e. The first-order chi connectivity index (χ1) is 10.6. The van der Waals surface area contributed by atoms with Crippen LogP contribution < -0.4 is 0 Å². The first kappa shape index (κ1) is 17.1. The van der Waals surface area contributed by atoms with Gasteiger partial charge in [-0.25, -0.2) is 17.8 Å². The Morgan fingerprint density at radius 1 is 1.39 bits per heavy atom. The van der Waals surface area contributed by atoms with Crippen molar-refractivity contribution < 1.29 is 12.8 Å². The number of sulfone groups is 1. The average Bonchev–Trinajstić information content (AvgIpc) is 2.90. The molecule has 0 aliphatic carbocycles. The molecular formula is C12H7BrCl2FN3O2S2. The Bertz CT molecular complexity index is 1060. The minimum absolute atomic E-state index is 0.0323. The molecule has 3 aromatic rings. The summed E-state index contributed by atoms with van der Waals surface area (Å²) >= 11 is 16.6. The van der Waals surface area contributed by atoms with E-state index in [-0.39, 0.29) is 26.3 Å². The van der Waals surface area contributed by atoms with Gasteiger partial charge in [-0.2, -0.15) is 5.10 Å². The van der Waals surface area contributed by atoms with Crippen LogP contribution in [0.4, 0.5) is 4.39 Å². The number of hydrogen-bond acceptors (Lipinski definition) is 5. The molecule has 122 valence electrons. The zero-order chi connectivity index (χ0) is 17.1. The Labute approximate surface area is 153 Å². The minimum atomic E-state index is -3.62. The lowest BCUT2D eigenvalue weighted by Crippen LogP contribution is -2.05. The Balaban J connectivity index is 2.43. The van der Waals surface area contributed by atoms with E-state index in [1.54, 1.807) is 0 Å². The summed E-state index contributed by atoms with van der Waals surface area (Å²) in [7, 11) is -2.19. The number of nitrogens with zero attached hydrogens (tertiary/aromatic N) is 3. The molecule has 0 saturated carbocycles. The van der Waals surface area contributed by atoms with Gasteiger partial charge >= 0.3 is 0 Å². The van der Waals surface area contributed by atoms with Crippen LogP contribution in [0, 0.1) is 5.82 Å². The van der Waals surface area contributed by atoms with Gasteiger partial charge in [0, 0.05) is 13.3 Å². The summed E-state index contributed by atoms with van der Waals surface area (Å²) in [5.74, 6) is -0.654. The van der Waals surface area contributed by atoms with Crippen molar-refractivity contribution in [2.24, 2.45) is 7.05 Å². The Kier molecular flexibility index (Phi) is 4.21. The van der Waals surface area contributed by atoms with Gasteiger partial charge in [-0.1, -0.05) is 23.2 Å². The third kappa shape index (κ3) is 2.78. The van der Waals surface area contributed by atoms with Crippen molar-refractivity contribution in [3.05, 3.63) is 25.8 Å². The van der Waals surface area contributed by atoms with Gasteiger partial charge in [0.15, 0.2) is 18.8 Å².